The quantitative estimate of drug-likeness (QED) is 0.781. The number of nitrogens with zero attached hydrogens (tertiary/aromatic N) is 1. The van der Waals surface area contributed by atoms with Gasteiger partial charge in [-0.1, -0.05) is 12.1 Å². The van der Waals surface area contributed by atoms with Gasteiger partial charge in [0.15, 0.2) is 0 Å². The maximum atomic E-state index is 12.6. The number of hydrogen-bond donors (Lipinski definition) is 2. The molecule has 0 bridgehead atoms. The number of piperidine rings is 1. The Morgan fingerprint density at radius 1 is 1.23 bits per heavy atom. The van der Waals surface area contributed by atoms with Crippen LogP contribution in [0.4, 0.5) is 13.2 Å². The molecule has 3 N–H and O–H groups in total. The monoisotopic (exact) mass is 369 g/mol. The molecule has 0 saturated carbocycles. The van der Waals surface area contributed by atoms with Gasteiger partial charge < -0.3 is 11.1 Å². The molecule has 1 heterocycles. The number of nitrogens with two attached hydrogens (primary N) is 1. The van der Waals surface area contributed by atoms with Crippen LogP contribution in [0, 0.1) is 0 Å². The van der Waals surface area contributed by atoms with E-state index < -0.39 is 11.7 Å². The molecule has 1 aromatic rings. The number of allylic oxidation sites excluding steroid dienone is 1. The highest BCUT2D eigenvalue weighted by atomic mass is 19.4. The van der Waals surface area contributed by atoms with Gasteiger partial charge in [-0.15, -0.1) is 0 Å². The van der Waals surface area contributed by atoms with Crippen LogP contribution in [0.15, 0.2) is 30.3 Å². The number of amides is 2. The number of carbonyl (C=O) groups excluding carboxylic acids is 2. The molecule has 1 saturated heterocycles. The van der Waals surface area contributed by atoms with E-state index in [1.165, 1.54) is 18.2 Å². The maximum absolute atomic E-state index is 12.6. The highest BCUT2D eigenvalue weighted by Gasteiger charge is 2.30. The number of hydrogen-bond acceptors (Lipinski definition) is 3. The molecule has 2 amide bonds. The molecule has 142 valence electrons. The van der Waals surface area contributed by atoms with Gasteiger partial charge >= 0.3 is 6.18 Å². The number of nitrogens with one attached hydrogen (secondary N) is 1. The molecule has 0 unspecified atom stereocenters. The molecule has 2 rings (SSSR count). The lowest BCUT2D eigenvalue weighted by molar-refractivity contribution is -0.137. The van der Waals surface area contributed by atoms with Crippen LogP contribution in [0.3, 0.4) is 0 Å². The van der Waals surface area contributed by atoms with E-state index in [-0.39, 0.29) is 24.4 Å². The summed E-state index contributed by atoms with van der Waals surface area (Å²) in [5.41, 5.74) is 5.59. The van der Waals surface area contributed by atoms with Crippen molar-refractivity contribution >= 4 is 17.4 Å². The normalized spacial score (nSPS) is 17.2. The minimum Gasteiger partial charge on any atom is -0.369 e. The summed E-state index contributed by atoms with van der Waals surface area (Å²) < 4.78 is 37.7. The average Bonchev–Trinajstić information content (AvgIpc) is 2.55. The van der Waals surface area contributed by atoms with Crippen molar-refractivity contribution in [3.63, 3.8) is 0 Å². The highest BCUT2D eigenvalue weighted by Crippen LogP contribution is 2.30. The van der Waals surface area contributed by atoms with E-state index in [4.69, 9.17) is 5.73 Å². The molecule has 1 aromatic carbocycles. The summed E-state index contributed by atoms with van der Waals surface area (Å²) in [5, 5.41) is 2.89. The zero-order valence-electron chi connectivity index (χ0n) is 14.5. The summed E-state index contributed by atoms with van der Waals surface area (Å²) in [6.45, 7) is 3.25. The molecule has 0 atom stereocenters. The van der Waals surface area contributed by atoms with E-state index in [1.807, 2.05) is 4.90 Å². The lowest BCUT2D eigenvalue weighted by Crippen LogP contribution is -2.46. The van der Waals surface area contributed by atoms with Crippen molar-refractivity contribution in [1.82, 2.24) is 10.2 Å². The fourth-order valence-electron chi connectivity index (χ4n) is 2.90. The first-order valence-electron chi connectivity index (χ1n) is 8.32. The van der Waals surface area contributed by atoms with Crippen molar-refractivity contribution in [3.05, 3.63) is 41.5 Å². The second-order valence-corrected chi connectivity index (χ2v) is 6.43. The number of halogens is 3. The summed E-state index contributed by atoms with van der Waals surface area (Å²) in [6, 6.07) is 4.70. The fourth-order valence-corrected chi connectivity index (χ4v) is 2.90. The topological polar surface area (TPSA) is 75.4 Å². The van der Waals surface area contributed by atoms with Gasteiger partial charge in [-0.25, -0.2) is 0 Å². The summed E-state index contributed by atoms with van der Waals surface area (Å²) in [5.74, 6) is -0.654. The van der Waals surface area contributed by atoms with Crippen molar-refractivity contribution in [2.45, 2.75) is 32.0 Å². The van der Waals surface area contributed by atoms with Crippen LogP contribution in [-0.4, -0.2) is 42.4 Å². The Labute approximate surface area is 150 Å². The van der Waals surface area contributed by atoms with Crippen LogP contribution >= 0.6 is 0 Å². The standard InChI is InChI=1S/C18H22F3N3O2/c1-12(13-2-4-14(5-3-13)18(19,20)21)10-17(26)23-15-6-8-24(9-7-15)11-16(22)25/h2-5,10,15H,6-9,11H2,1H3,(H2,22,25)(H,23,26). The molecule has 26 heavy (non-hydrogen) atoms. The van der Waals surface area contributed by atoms with Crippen LogP contribution in [-0.2, 0) is 15.8 Å². The van der Waals surface area contributed by atoms with Crippen molar-refractivity contribution in [2.75, 3.05) is 19.6 Å². The first-order chi connectivity index (χ1) is 12.1. The van der Waals surface area contributed by atoms with Crippen molar-refractivity contribution in [1.29, 1.82) is 0 Å². The molecular weight excluding hydrogens is 347 g/mol. The Hall–Kier alpha value is -2.35. The van der Waals surface area contributed by atoms with Crippen LogP contribution in [0.2, 0.25) is 0 Å². The van der Waals surface area contributed by atoms with Crippen molar-refractivity contribution in [2.24, 2.45) is 5.73 Å². The predicted molar refractivity (Wildman–Crippen MR) is 91.9 cm³/mol. The number of carbonyl (C=O) groups is 2. The Bertz CT molecular complexity index is 676. The molecule has 0 spiro atoms. The molecule has 0 aromatic heterocycles. The largest absolute Gasteiger partial charge is 0.416 e. The Balaban J connectivity index is 1.89. The third-order valence-electron chi connectivity index (χ3n) is 4.33. The van der Waals surface area contributed by atoms with Crippen molar-refractivity contribution in [3.8, 4) is 0 Å². The molecular formula is C18H22F3N3O2. The van der Waals surface area contributed by atoms with Gasteiger partial charge in [-0.05, 0) is 43.0 Å². The smallest absolute Gasteiger partial charge is 0.369 e. The molecule has 1 fully saturated rings. The zero-order chi connectivity index (χ0) is 19.3. The first kappa shape index (κ1) is 20.0. The van der Waals surface area contributed by atoms with Gasteiger partial charge in [-0.3, -0.25) is 14.5 Å². The number of alkyl halides is 3. The minimum atomic E-state index is -4.38. The summed E-state index contributed by atoms with van der Waals surface area (Å²) in [6.07, 6.45) is -1.56. The molecule has 0 radical (unpaired) electrons. The average molecular weight is 369 g/mol. The van der Waals surface area contributed by atoms with Crippen LogP contribution < -0.4 is 11.1 Å². The van der Waals surface area contributed by atoms with Gasteiger partial charge in [0, 0.05) is 25.2 Å². The third-order valence-corrected chi connectivity index (χ3v) is 4.33. The first-order valence-corrected chi connectivity index (χ1v) is 8.32. The second kappa shape index (κ2) is 8.35. The molecule has 0 aliphatic carbocycles. The van der Waals surface area contributed by atoms with Gasteiger partial charge in [0.2, 0.25) is 11.8 Å². The Morgan fingerprint density at radius 3 is 2.31 bits per heavy atom. The zero-order valence-corrected chi connectivity index (χ0v) is 14.5. The summed E-state index contributed by atoms with van der Waals surface area (Å²) in [7, 11) is 0. The Kier molecular flexibility index (Phi) is 6.42. The number of benzene rings is 1. The molecule has 1 aliphatic heterocycles. The number of rotatable bonds is 5. The summed E-state index contributed by atoms with van der Waals surface area (Å²) >= 11 is 0. The van der Waals surface area contributed by atoms with Gasteiger partial charge in [0.1, 0.15) is 0 Å². The van der Waals surface area contributed by atoms with E-state index in [0.29, 0.717) is 37.1 Å². The molecule has 8 heteroatoms. The molecule has 5 nitrogen and oxygen atoms in total. The van der Waals surface area contributed by atoms with Gasteiger partial charge in [-0.2, -0.15) is 13.2 Å². The summed E-state index contributed by atoms with van der Waals surface area (Å²) in [4.78, 5) is 25.0. The van der Waals surface area contributed by atoms with Gasteiger partial charge in [0.25, 0.3) is 0 Å². The van der Waals surface area contributed by atoms with Crippen LogP contribution in [0.5, 0.6) is 0 Å². The highest BCUT2D eigenvalue weighted by molar-refractivity contribution is 5.95. The van der Waals surface area contributed by atoms with Crippen molar-refractivity contribution < 1.29 is 22.8 Å². The SMILES string of the molecule is CC(=CC(=O)NC1CCN(CC(N)=O)CC1)c1ccc(C(F)(F)F)cc1. The maximum Gasteiger partial charge on any atom is 0.416 e. The van der Waals surface area contributed by atoms with E-state index >= 15 is 0 Å². The van der Waals surface area contributed by atoms with Crippen LogP contribution in [0.1, 0.15) is 30.9 Å². The predicted octanol–water partition coefficient (Wildman–Crippen LogP) is 2.17. The van der Waals surface area contributed by atoms with E-state index in [2.05, 4.69) is 5.32 Å². The lowest BCUT2D eigenvalue weighted by atomic mass is 10.0. The fraction of sp³-hybridized carbons (Fsp3) is 0.444. The van der Waals surface area contributed by atoms with E-state index in [1.54, 1.807) is 6.92 Å². The molecule has 1 aliphatic rings. The van der Waals surface area contributed by atoms with E-state index in [0.717, 1.165) is 12.1 Å². The van der Waals surface area contributed by atoms with E-state index in [9.17, 15) is 22.8 Å². The van der Waals surface area contributed by atoms with Crippen LogP contribution in [0.25, 0.3) is 5.57 Å². The minimum absolute atomic E-state index is 0.00304. The number of likely N-dealkylation sites (tertiary alicyclic amines) is 1. The van der Waals surface area contributed by atoms with Gasteiger partial charge in [0.05, 0.1) is 12.1 Å². The Morgan fingerprint density at radius 2 is 1.81 bits per heavy atom. The lowest BCUT2D eigenvalue weighted by Gasteiger charge is -2.31. The second-order valence-electron chi connectivity index (χ2n) is 6.43. The number of primary amides is 1. The third kappa shape index (κ3) is 5.87.